The summed E-state index contributed by atoms with van der Waals surface area (Å²) in [7, 11) is 0. The lowest BCUT2D eigenvalue weighted by Crippen LogP contribution is -2.59. The van der Waals surface area contributed by atoms with Crippen LogP contribution < -0.4 is 0 Å². The second-order valence-electron chi connectivity index (χ2n) is 7.87. The van der Waals surface area contributed by atoms with Crippen molar-refractivity contribution in [2.24, 2.45) is 5.92 Å². The fraction of sp³-hybridized carbons (Fsp3) is 0.474. The largest absolute Gasteiger partial charge is 0.444 e. The van der Waals surface area contributed by atoms with E-state index in [1.54, 1.807) is 18.1 Å². The van der Waals surface area contributed by atoms with E-state index in [1.807, 2.05) is 44.0 Å². The van der Waals surface area contributed by atoms with Gasteiger partial charge in [-0.15, -0.1) is 0 Å². The molecule has 3 heterocycles. The second-order valence-corrected chi connectivity index (χ2v) is 9.42. The topological polar surface area (TPSA) is 45.7 Å². The van der Waals surface area contributed by atoms with Gasteiger partial charge in [0.15, 0.2) is 0 Å². The van der Waals surface area contributed by atoms with Gasteiger partial charge in [-0.3, -0.25) is 4.98 Å². The highest BCUT2D eigenvalue weighted by Gasteiger charge is 2.49. The number of fused-ring (bicyclic) bond motifs is 2. The Morgan fingerprint density at radius 1 is 1.27 bits per heavy atom. The van der Waals surface area contributed by atoms with E-state index < -0.39 is 5.60 Å². The first kappa shape index (κ1) is 17.9. The van der Waals surface area contributed by atoms with E-state index in [9.17, 15) is 4.79 Å². The number of amides is 1. The summed E-state index contributed by atoms with van der Waals surface area (Å²) in [6.45, 7) is 8.28. The first-order valence-electron chi connectivity index (χ1n) is 8.76. The second kappa shape index (κ2) is 6.59. The molecule has 2 unspecified atom stereocenters. The number of carbonyl (C=O) groups excluding carboxylic acids is 1. The molecule has 0 saturated carbocycles. The van der Waals surface area contributed by atoms with Gasteiger partial charge < -0.3 is 9.64 Å². The zero-order valence-electron chi connectivity index (χ0n) is 15.1. The summed E-state index contributed by atoms with van der Waals surface area (Å²) in [5.74, 6) is 0.516. The van der Waals surface area contributed by atoms with Crippen LogP contribution in [0.4, 0.5) is 4.79 Å². The molecule has 0 radical (unpaired) electrons. The fourth-order valence-electron chi connectivity index (χ4n) is 3.58. The molecule has 7 heteroatoms. The third-order valence-corrected chi connectivity index (χ3v) is 6.14. The van der Waals surface area contributed by atoms with Crippen molar-refractivity contribution < 1.29 is 9.53 Å². The van der Waals surface area contributed by atoms with Crippen LogP contribution in [0.25, 0.3) is 10.8 Å². The van der Waals surface area contributed by atoms with Crippen LogP contribution in [0.15, 0.2) is 35.5 Å². The van der Waals surface area contributed by atoms with Crippen molar-refractivity contribution in [3.63, 3.8) is 0 Å². The number of hydrogen-bond donors (Lipinski definition) is 0. The predicted octanol–water partition coefficient (Wildman–Crippen LogP) is 4.45. The minimum Gasteiger partial charge on any atom is -0.444 e. The van der Waals surface area contributed by atoms with Gasteiger partial charge in [0.25, 0.3) is 0 Å². The average molecular weight is 392 g/mol. The van der Waals surface area contributed by atoms with Crippen molar-refractivity contribution >= 4 is 40.4 Å². The van der Waals surface area contributed by atoms with Gasteiger partial charge in [0.2, 0.25) is 0 Å². The third-order valence-electron chi connectivity index (χ3n) is 4.76. The maximum absolute atomic E-state index is 12.3. The summed E-state index contributed by atoms with van der Waals surface area (Å²) in [5.41, 5.74) is -0.455. The lowest BCUT2D eigenvalue weighted by Gasteiger charge is -2.43. The molecule has 2 aromatic rings. The van der Waals surface area contributed by atoms with E-state index in [0.717, 1.165) is 35.3 Å². The first-order chi connectivity index (χ1) is 12.3. The molecular weight excluding hydrogens is 370 g/mol. The zero-order valence-corrected chi connectivity index (χ0v) is 16.7. The number of hydrogen-bond acceptors (Lipinski definition) is 5. The molecule has 2 aliphatic rings. The van der Waals surface area contributed by atoms with Gasteiger partial charge in [-0.05, 0) is 38.8 Å². The summed E-state index contributed by atoms with van der Waals surface area (Å²) < 4.78 is 7.84. The molecule has 0 N–H and O–H groups in total. The number of carbonyl (C=O) groups is 1. The van der Waals surface area contributed by atoms with E-state index in [-0.39, 0.29) is 12.1 Å². The van der Waals surface area contributed by atoms with Crippen LogP contribution in [-0.2, 0) is 4.74 Å². The van der Waals surface area contributed by atoms with Crippen LogP contribution >= 0.6 is 23.5 Å². The van der Waals surface area contributed by atoms with E-state index >= 15 is 0 Å². The van der Waals surface area contributed by atoms with Crippen LogP contribution in [0.1, 0.15) is 20.8 Å². The van der Waals surface area contributed by atoms with Crippen LogP contribution in [0, 0.1) is 5.92 Å². The molecule has 2 fully saturated rings. The molecular formula is C19H22ClN3O2S. The maximum Gasteiger partial charge on any atom is 0.410 e. The molecule has 5 nitrogen and oxygen atoms in total. The molecule has 0 spiro atoms. The van der Waals surface area contributed by atoms with Gasteiger partial charge in [-0.1, -0.05) is 23.7 Å². The summed E-state index contributed by atoms with van der Waals surface area (Å²) in [6.07, 6.45) is 3.32. The van der Waals surface area contributed by atoms with E-state index in [2.05, 4.69) is 15.4 Å². The van der Waals surface area contributed by atoms with Crippen LogP contribution in [0.2, 0.25) is 5.02 Å². The molecule has 4 rings (SSSR count). The molecule has 1 aromatic heterocycles. The Labute approximate surface area is 162 Å². The number of aromatic nitrogens is 1. The fourth-order valence-corrected chi connectivity index (χ4v) is 5.13. The highest BCUT2D eigenvalue weighted by atomic mass is 35.5. The monoisotopic (exact) mass is 391 g/mol. The normalized spacial score (nSPS) is 23.0. The number of halogens is 1. The van der Waals surface area contributed by atoms with E-state index in [1.165, 1.54) is 0 Å². The summed E-state index contributed by atoms with van der Waals surface area (Å²) in [6, 6.07) is 6.38. The number of likely N-dealkylation sites (tertiary alicyclic amines) is 1. The minimum absolute atomic E-state index is 0.204. The first-order valence-corrected chi connectivity index (χ1v) is 9.92. The van der Waals surface area contributed by atoms with Gasteiger partial charge in [0, 0.05) is 53.6 Å². The highest BCUT2D eigenvalue weighted by molar-refractivity contribution is 7.97. The maximum atomic E-state index is 12.3. The van der Waals surface area contributed by atoms with Gasteiger partial charge >= 0.3 is 6.09 Å². The predicted molar refractivity (Wildman–Crippen MR) is 104 cm³/mol. The number of pyridine rings is 1. The molecule has 1 aromatic carbocycles. The van der Waals surface area contributed by atoms with Crippen molar-refractivity contribution in [1.82, 2.24) is 14.2 Å². The van der Waals surface area contributed by atoms with Crippen molar-refractivity contribution in [3.8, 4) is 0 Å². The molecule has 2 saturated heterocycles. The van der Waals surface area contributed by atoms with Crippen molar-refractivity contribution in [1.29, 1.82) is 0 Å². The molecule has 26 heavy (non-hydrogen) atoms. The quantitative estimate of drug-likeness (QED) is 0.708. The number of ether oxygens (including phenoxy) is 1. The summed E-state index contributed by atoms with van der Waals surface area (Å²) >= 11 is 8.09. The van der Waals surface area contributed by atoms with Crippen molar-refractivity contribution in [2.75, 3.05) is 19.6 Å². The Kier molecular flexibility index (Phi) is 4.53. The Hall–Kier alpha value is -1.50. The van der Waals surface area contributed by atoms with Gasteiger partial charge in [-0.25, -0.2) is 9.10 Å². The Morgan fingerprint density at radius 2 is 2.08 bits per heavy atom. The average Bonchev–Trinajstić information content (AvgIpc) is 2.83. The van der Waals surface area contributed by atoms with Crippen LogP contribution in [-0.4, -0.2) is 51.6 Å². The number of benzene rings is 1. The molecule has 0 bridgehead atoms. The molecule has 2 aliphatic heterocycles. The standard InChI is InChI=1S/C19H22ClN3O2S/c1-19(2,3)25-18(24)23-10-13-9-22(11-15(13)23)26-16-6-4-5-12-7-21-8-14(20)17(12)16/h4-8,13,15H,9-11H2,1-3H3. The van der Waals surface area contributed by atoms with Crippen molar-refractivity contribution in [2.45, 2.75) is 37.3 Å². The molecule has 1 amide bonds. The van der Waals surface area contributed by atoms with Gasteiger partial charge in [-0.2, -0.15) is 0 Å². The highest BCUT2D eigenvalue weighted by Crippen LogP contribution is 2.41. The zero-order chi connectivity index (χ0) is 18.5. The van der Waals surface area contributed by atoms with E-state index in [0.29, 0.717) is 10.9 Å². The third kappa shape index (κ3) is 3.38. The molecule has 0 aliphatic carbocycles. The van der Waals surface area contributed by atoms with Gasteiger partial charge in [0.1, 0.15) is 5.60 Å². The smallest absolute Gasteiger partial charge is 0.410 e. The Balaban J connectivity index is 1.46. The van der Waals surface area contributed by atoms with Crippen LogP contribution in [0.3, 0.4) is 0 Å². The lowest BCUT2D eigenvalue weighted by atomic mass is 9.93. The van der Waals surface area contributed by atoms with Crippen LogP contribution in [0.5, 0.6) is 0 Å². The summed E-state index contributed by atoms with van der Waals surface area (Å²) in [5, 5.41) is 2.75. The molecule has 2 atom stereocenters. The number of rotatable bonds is 2. The Bertz CT molecular complexity index is 849. The molecule has 138 valence electrons. The summed E-state index contributed by atoms with van der Waals surface area (Å²) in [4.78, 5) is 19.5. The lowest BCUT2D eigenvalue weighted by molar-refractivity contribution is -0.0164. The van der Waals surface area contributed by atoms with Gasteiger partial charge in [0.05, 0.1) is 11.1 Å². The SMILES string of the molecule is CC(C)(C)OC(=O)N1CC2CN(Sc3cccc4cncc(Cl)c34)CC21. The van der Waals surface area contributed by atoms with E-state index in [4.69, 9.17) is 16.3 Å². The minimum atomic E-state index is -0.455. The Morgan fingerprint density at radius 3 is 2.85 bits per heavy atom. The van der Waals surface area contributed by atoms with Crippen molar-refractivity contribution in [3.05, 3.63) is 35.6 Å². The number of nitrogens with zero attached hydrogens (tertiary/aromatic N) is 3.